The third kappa shape index (κ3) is 4.62. The minimum atomic E-state index is -0.877. The highest BCUT2D eigenvalue weighted by Crippen LogP contribution is 2.30. The van der Waals surface area contributed by atoms with Crippen LogP contribution in [0.15, 0.2) is 36.4 Å². The first-order valence-electron chi connectivity index (χ1n) is 7.70. The molecule has 2 atom stereocenters. The normalized spacial score (nSPS) is 18.3. The number of benzene rings is 1. The largest absolute Gasteiger partial charge is 0.443 e. The monoisotopic (exact) mass is 350 g/mol. The van der Waals surface area contributed by atoms with Gasteiger partial charge < -0.3 is 4.74 Å². The van der Waals surface area contributed by atoms with E-state index in [-0.39, 0.29) is 0 Å². The molecule has 1 aliphatic rings. The predicted molar refractivity (Wildman–Crippen MR) is 87.0 cm³/mol. The van der Waals surface area contributed by atoms with E-state index in [1.807, 2.05) is 0 Å². The second-order valence-electron chi connectivity index (χ2n) is 6.71. The van der Waals surface area contributed by atoms with E-state index < -0.39 is 46.8 Å². The number of imide groups is 1. The van der Waals surface area contributed by atoms with Gasteiger partial charge in [0.15, 0.2) is 0 Å². The van der Waals surface area contributed by atoms with Gasteiger partial charge in [-0.1, -0.05) is 18.2 Å². The maximum atomic E-state index is 13.2. The van der Waals surface area contributed by atoms with E-state index in [1.54, 1.807) is 20.8 Å². The number of nitrogens with zero attached hydrogens (tertiary/aromatic N) is 2. The first kappa shape index (κ1) is 18.6. The molecule has 134 valence electrons. The zero-order valence-corrected chi connectivity index (χ0v) is 14.1. The molecule has 1 heterocycles. The molecule has 0 saturated heterocycles. The van der Waals surface area contributed by atoms with Crippen molar-refractivity contribution >= 4 is 12.0 Å². The molecule has 0 N–H and O–H groups in total. The molecule has 0 aromatic heterocycles. The van der Waals surface area contributed by atoms with Gasteiger partial charge in [-0.05, 0) is 38.5 Å². The summed E-state index contributed by atoms with van der Waals surface area (Å²) >= 11 is 0. The molecular formula is C17H19FN2O5. The molecule has 2 amide bonds. The van der Waals surface area contributed by atoms with Crippen LogP contribution >= 0.6 is 0 Å². The fraction of sp³-hybridized carbons (Fsp3) is 0.412. The summed E-state index contributed by atoms with van der Waals surface area (Å²) in [6.45, 7) is 4.44. The number of hydrogen-bond donors (Lipinski definition) is 0. The SMILES string of the molecule is CC(C)(C)OC(=O)N1C(=O)C=C[C@@H]1[C@@H](C[N+](=O)[O-])c1ccc(F)cc1. The zero-order valence-electron chi connectivity index (χ0n) is 14.1. The summed E-state index contributed by atoms with van der Waals surface area (Å²) in [5.74, 6) is -1.90. The number of rotatable bonds is 4. The molecule has 0 saturated carbocycles. The van der Waals surface area contributed by atoms with Gasteiger partial charge in [-0.25, -0.2) is 14.1 Å². The van der Waals surface area contributed by atoms with E-state index in [4.69, 9.17) is 4.74 Å². The lowest BCUT2D eigenvalue weighted by Crippen LogP contribution is -2.46. The van der Waals surface area contributed by atoms with E-state index >= 15 is 0 Å². The summed E-state index contributed by atoms with van der Waals surface area (Å²) in [4.78, 5) is 35.9. The maximum Gasteiger partial charge on any atom is 0.417 e. The third-order valence-corrected chi connectivity index (χ3v) is 3.62. The van der Waals surface area contributed by atoms with Crippen LogP contribution in [0.5, 0.6) is 0 Å². The summed E-state index contributed by atoms with van der Waals surface area (Å²) in [5, 5.41) is 11.1. The summed E-state index contributed by atoms with van der Waals surface area (Å²) in [5.41, 5.74) is -0.366. The number of ether oxygens (including phenoxy) is 1. The molecule has 1 aromatic carbocycles. The summed E-state index contributed by atoms with van der Waals surface area (Å²) in [7, 11) is 0. The van der Waals surface area contributed by atoms with Crippen LogP contribution < -0.4 is 0 Å². The van der Waals surface area contributed by atoms with E-state index in [2.05, 4.69) is 0 Å². The van der Waals surface area contributed by atoms with Gasteiger partial charge in [-0.2, -0.15) is 0 Å². The van der Waals surface area contributed by atoms with Crippen LogP contribution in [0.3, 0.4) is 0 Å². The van der Waals surface area contributed by atoms with Crippen molar-refractivity contribution in [2.45, 2.75) is 38.3 Å². The molecule has 1 aliphatic heterocycles. The molecule has 0 fully saturated rings. The van der Waals surface area contributed by atoms with Crippen molar-refractivity contribution in [1.82, 2.24) is 4.90 Å². The number of carbonyl (C=O) groups excluding carboxylic acids is 2. The average molecular weight is 350 g/mol. The van der Waals surface area contributed by atoms with Gasteiger partial charge in [-0.3, -0.25) is 14.9 Å². The Bertz CT molecular complexity index is 709. The van der Waals surface area contributed by atoms with Crippen molar-refractivity contribution in [3.63, 3.8) is 0 Å². The fourth-order valence-corrected chi connectivity index (χ4v) is 2.61. The molecule has 0 radical (unpaired) electrons. The standard InChI is InChI=1S/C17H19FN2O5/c1-17(2,3)25-16(22)20-14(8-9-15(20)21)13(10-19(23)24)11-4-6-12(18)7-5-11/h4-9,13-14H,10H2,1-3H3/t13-,14+/m0/s1. The first-order chi connectivity index (χ1) is 11.6. The molecule has 2 rings (SSSR count). The van der Waals surface area contributed by atoms with Crippen LogP contribution in [0.4, 0.5) is 9.18 Å². The van der Waals surface area contributed by atoms with Crippen LogP contribution in [0.25, 0.3) is 0 Å². The lowest BCUT2D eigenvalue weighted by molar-refractivity contribution is -0.484. The first-order valence-corrected chi connectivity index (χ1v) is 7.70. The van der Waals surface area contributed by atoms with E-state index in [0.29, 0.717) is 5.56 Å². The second-order valence-corrected chi connectivity index (χ2v) is 6.71. The molecular weight excluding hydrogens is 331 g/mol. The van der Waals surface area contributed by atoms with Crippen molar-refractivity contribution in [3.05, 3.63) is 57.9 Å². The third-order valence-electron chi connectivity index (χ3n) is 3.62. The van der Waals surface area contributed by atoms with Crippen LogP contribution in [-0.4, -0.2) is 40.0 Å². The van der Waals surface area contributed by atoms with Gasteiger partial charge in [0.2, 0.25) is 6.54 Å². The lowest BCUT2D eigenvalue weighted by atomic mass is 9.91. The smallest absolute Gasteiger partial charge is 0.417 e. The van der Waals surface area contributed by atoms with E-state index in [0.717, 1.165) is 4.90 Å². The minimum Gasteiger partial charge on any atom is -0.443 e. The van der Waals surface area contributed by atoms with Crippen molar-refractivity contribution in [3.8, 4) is 0 Å². The number of carbonyl (C=O) groups is 2. The topological polar surface area (TPSA) is 89.8 Å². The molecule has 0 bridgehead atoms. The van der Waals surface area contributed by atoms with Gasteiger partial charge >= 0.3 is 6.09 Å². The number of halogens is 1. The predicted octanol–water partition coefficient (Wildman–Crippen LogP) is 2.89. The van der Waals surface area contributed by atoms with Gasteiger partial charge in [0.25, 0.3) is 5.91 Å². The van der Waals surface area contributed by atoms with Crippen molar-refractivity contribution < 1.29 is 23.6 Å². The Kier molecular flexibility index (Phi) is 5.20. The molecule has 0 aliphatic carbocycles. The van der Waals surface area contributed by atoms with Crippen LogP contribution in [-0.2, 0) is 9.53 Å². The Morgan fingerprint density at radius 3 is 2.48 bits per heavy atom. The molecule has 1 aromatic rings. The van der Waals surface area contributed by atoms with E-state index in [1.165, 1.54) is 36.4 Å². The summed E-state index contributed by atoms with van der Waals surface area (Å²) in [6, 6.07) is 4.31. The number of amides is 2. The number of hydrogen-bond acceptors (Lipinski definition) is 5. The van der Waals surface area contributed by atoms with E-state index in [9.17, 15) is 24.1 Å². The quantitative estimate of drug-likeness (QED) is 0.615. The molecule has 8 heteroatoms. The summed E-state index contributed by atoms with van der Waals surface area (Å²) in [6.07, 6.45) is 1.75. The lowest BCUT2D eigenvalue weighted by Gasteiger charge is -2.30. The van der Waals surface area contributed by atoms with Crippen LogP contribution in [0, 0.1) is 15.9 Å². The Labute approximate surface area is 144 Å². The minimum absolute atomic E-state index is 0.455. The van der Waals surface area contributed by atoms with Gasteiger partial charge in [0.1, 0.15) is 11.4 Å². The highest BCUT2D eigenvalue weighted by molar-refractivity contribution is 6.01. The average Bonchev–Trinajstić information content (AvgIpc) is 2.85. The second kappa shape index (κ2) is 7.00. The zero-order chi connectivity index (χ0) is 18.8. The highest BCUT2D eigenvalue weighted by Gasteiger charge is 2.41. The van der Waals surface area contributed by atoms with Crippen LogP contribution in [0.2, 0.25) is 0 Å². The summed E-state index contributed by atoms with van der Waals surface area (Å²) < 4.78 is 18.4. The maximum absolute atomic E-state index is 13.2. The fourth-order valence-electron chi connectivity index (χ4n) is 2.61. The van der Waals surface area contributed by atoms with Gasteiger partial charge in [-0.15, -0.1) is 0 Å². The molecule has 7 nitrogen and oxygen atoms in total. The van der Waals surface area contributed by atoms with Crippen molar-refractivity contribution in [2.24, 2.45) is 0 Å². The number of nitro groups is 1. The van der Waals surface area contributed by atoms with Crippen molar-refractivity contribution in [1.29, 1.82) is 0 Å². The Balaban J connectivity index is 2.35. The van der Waals surface area contributed by atoms with Crippen LogP contribution in [0.1, 0.15) is 32.3 Å². The highest BCUT2D eigenvalue weighted by atomic mass is 19.1. The Hall–Kier alpha value is -2.77. The molecule has 25 heavy (non-hydrogen) atoms. The molecule has 0 spiro atoms. The Morgan fingerprint density at radius 1 is 1.36 bits per heavy atom. The molecule has 0 unspecified atom stereocenters. The van der Waals surface area contributed by atoms with Gasteiger partial charge in [0, 0.05) is 11.0 Å². The Morgan fingerprint density at radius 2 is 1.96 bits per heavy atom. The van der Waals surface area contributed by atoms with Crippen molar-refractivity contribution in [2.75, 3.05) is 6.54 Å². The van der Waals surface area contributed by atoms with Gasteiger partial charge in [0.05, 0.1) is 12.0 Å².